The molecular weight excluding hydrogens is 564 g/mol. The summed E-state index contributed by atoms with van der Waals surface area (Å²) in [5, 5.41) is 83.1. The monoisotopic (exact) mass is 596 g/mol. The average molecular weight is 597 g/mol. The van der Waals surface area contributed by atoms with Gasteiger partial charge >= 0.3 is 5.63 Å². The highest BCUT2D eigenvalue weighted by atomic mass is 16.7. The van der Waals surface area contributed by atoms with Crippen molar-refractivity contribution < 1.29 is 69.0 Å². The van der Waals surface area contributed by atoms with Crippen LogP contribution in [0.25, 0.3) is 21.5 Å². The van der Waals surface area contributed by atoms with E-state index in [1.54, 1.807) is 25.1 Å². The van der Waals surface area contributed by atoms with Crippen molar-refractivity contribution in [1.82, 2.24) is 0 Å². The standard InChI is InChI=1S/C27H32O15/c1-9-3-10-4-11-5-12(37-2)6-13(16(11)20(31)17(10)25(36)39-9)40-27-24(35)22(33)19(30)15(42-27)8-38-26-23(34)21(32)18(29)14(7-28)41-26/h3-6,14-15,18-19,21-24,26-35H,7-8H2,1-2H3/t14?,15-,18-,19?,21?,22+,23-,24?,26?,27-/m1/s1. The first-order valence-electron chi connectivity index (χ1n) is 13.0. The number of benzene rings is 2. The van der Waals surface area contributed by atoms with E-state index in [9.17, 15) is 45.6 Å². The SMILES string of the molecule is COc1cc(O[C@@H]2O[C@H](COC3OC(CO)[C@@H](O)C(O)[C@H]3O)C(O)[C@H](O)C2O)c2c(O)c3c(=O)oc(C)cc3cc2c1. The Morgan fingerprint density at radius 1 is 0.786 bits per heavy atom. The summed E-state index contributed by atoms with van der Waals surface area (Å²) in [6, 6.07) is 6.12. The van der Waals surface area contributed by atoms with Gasteiger partial charge in [0.1, 0.15) is 77.2 Å². The van der Waals surface area contributed by atoms with Gasteiger partial charge in [0.05, 0.1) is 25.7 Å². The van der Waals surface area contributed by atoms with Crippen molar-refractivity contribution in [2.75, 3.05) is 20.3 Å². The third-order valence-corrected chi connectivity index (χ3v) is 7.42. The van der Waals surface area contributed by atoms with Gasteiger partial charge in [0.15, 0.2) is 6.29 Å². The minimum absolute atomic E-state index is 0.0463. The number of fused-ring (bicyclic) bond motifs is 2. The maximum atomic E-state index is 12.6. The molecule has 3 heterocycles. The lowest BCUT2D eigenvalue weighted by Crippen LogP contribution is -2.62. The van der Waals surface area contributed by atoms with Crippen LogP contribution in [0.2, 0.25) is 0 Å². The maximum absolute atomic E-state index is 12.6. The van der Waals surface area contributed by atoms with Crippen LogP contribution in [-0.2, 0) is 14.2 Å². The molecule has 0 bridgehead atoms. The predicted molar refractivity (Wildman–Crippen MR) is 140 cm³/mol. The molecule has 0 radical (unpaired) electrons. The number of hydrogen-bond acceptors (Lipinski definition) is 15. The second-order valence-electron chi connectivity index (χ2n) is 10.2. The van der Waals surface area contributed by atoms with Gasteiger partial charge in [-0.25, -0.2) is 4.79 Å². The summed E-state index contributed by atoms with van der Waals surface area (Å²) in [5.74, 6) is 0.0328. The van der Waals surface area contributed by atoms with Crippen LogP contribution in [0, 0.1) is 6.92 Å². The van der Waals surface area contributed by atoms with Gasteiger partial charge in [0, 0.05) is 6.07 Å². The molecule has 0 amide bonds. The third-order valence-electron chi connectivity index (χ3n) is 7.42. The number of hydrogen-bond donors (Lipinski definition) is 8. The summed E-state index contributed by atoms with van der Waals surface area (Å²) < 4.78 is 32.8. The molecule has 8 N–H and O–H groups in total. The van der Waals surface area contributed by atoms with Gasteiger partial charge < -0.3 is 69.0 Å². The van der Waals surface area contributed by atoms with E-state index in [0.29, 0.717) is 16.5 Å². The fraction of sp³-hybridized carbons (Fsp3) is 0.519. The molecule has 15 heteroatoms. The normalized spacial score (nSPS) is 33.6. The molecule has 2 aromatic carbocycles. The lowest BCUT2D eigenvalue weighted by Gasteiger charge is -2.42. The highest BCUT2D eigenvalue weighted by Gasteiger charge is 2.48. The van der Waals surface area contributed by atoms with Crippen molar-refractivity contribution in [1.29, 1.82) is 0 Å². The van der Waals surface area contributed by atoms with Crippen LogP contribution in [0.15, 0.2) is 33.5 Å². The van der Waals surface area contributed by atoms with Gasteiger partial charge in [-0.3, -0.25) is 0 Å². The Morgan fingerprint density at radius 2 is 1.40 bits per heavy atom. The van der Waals surface area contributed by atoms with E-state index >= 15 is 0 Å². The molecule has 2 aliphatic rings. The first kappa shape index (κ1) is 30.4. The summed E-state index contributed by atoms with van der Waals surface area (Å²) >= 11 is 0. The smallest absolute Gasteiger partial charge is 0.347 e. The summed E-state index contributed by atoms with van der Waals surface area (Å²) in [6.07, 6.45) is -16.2. The second kappa shape index (κ2) is 11.9. The van der Waals surface area contributed by atoms with Crippen molar-refractivity contribution in [2.24, 2.45) is 0 Å². The van der Waals surface area contributed by atoms with Gasteiger partial charge in [-0.05, 0) is 35.9 Å². The van der Waals surface area contributed by atoms with Crippen LogP contribution in [0.3, 0.4) is 0 Å². The van der Waals surface area contributed by atoms with Crippen LogP contribution in [0.5, 0.6) is 17.2 Å². The summed E-state index contributed by atoms with van der Waals surface area (Å²) in [7, 11) is 1.39. The van der Waals surface area contributed by atoms with Crippen molar-refractivity contribution in [3.8, 4) is 17.2 Å². The molecule has 0 saturated carbocycles. The summed E-state index contributed by atoms with van der Waals surface area (Å²) in [5.41, 5.74) is -0.788. The lowest BCUT2D eigenvalue weighted by atomic mass is 9.98. The molecule has 10 atom stereocenters. The van der Waals surface area contributed by atoms with Crippen molar-refractivity contribution >= 4 is 21.5 Å². The highest BCUT2D eigenvalue weighted by molar-refractivity contribution is 6.07. The van der Waals surface area contributed by atoms with Gasteiger partial charge in [-0.1, -0.05) is 0 Å². The van der Waals surface area contributed by atoms with Crippen molar-refractivity contribution in [3.05, 3.63) is 40.4 Å². The Morgan fingerprint density at radius 3 is 2.07 bits per heavy atom. The van der Waals surface area contributed by atoms with Crippen molar-refractivity contribution in [2.45, 2.75) is 68.3 Å². The van der Waals surface area contributed by atoms with E-state index in [-0.39, 0.29) is 22.3 Å². The number of rotatable bonds is 7. The molecule has 0 aliphatic carbocycles. The Labute approximate surface area is 237 Å². The minimum Gasteiger partial charge on any atom is -0.506 e. The molecular formula is C27H32O15. The highest BCUT2D eigenvalue weighted by Crippen LogP contribution is 2.42. The third kappa shape index (κ3) is 5.40. The molecule has 15 nitrogen and oxygen atoms in total. The summed E-state index contributed by atoms with van der Waals surface area (Å²) in [6.45, 7) is 0.330. The zero-order valence-corrected chi connectivity index (χ0v) is 22.4. The number of ether oxygens (including phenoxy) is 5. The number of methoxy groups -OCH3 is 1. The zero-order valence-electron chi connectivity index (χ0n) is 22.4. The minimum atomic E-state index is -1.81. The molecule has 0 spiro atoms. The van der Waals surface area contributed by atoms with E-state index in [1.807, 2.05) is 0 Å². The topological polar surface area (TPSA) is 238 Å². The van der Waals surface area contributed by atoms with E-state index in [4.69, 9.17) is 28.1 Å². The zero-order chi connectivity index (χ0) is 30.5. The van der Waals surface area contributed by atoms with Gasteiger partial charge in [-0.2, -0.15) is 0 Å². The number of aliphatic hydroxyl groups excluding tert-OH is 7. The van der Waals surface area contributed by atoms with Crippen LogP contribution >= 0.6 is 0 Å². The van der Waals surface area contributed by atoms with E-state index in [0.717, 1.165) is 0 Å². The molecule has 230 valence electrons. The fourth-order valence-electron chi connectivity index (χ4n) is 5.14. The maximum Gasteiger partial charge on any atom is 0.347 e. The number of aryl methyl sites for hydroxylation is 1. The van der Waals surface area contributed by atoms with E-state index in [1.165, 1.54) is 13.2 Å². The van der Waals surface area contributed by atoms with Gasteiger partial charge in [0.2, 0.25) is 6.29 Å². The first-order valence-corrected chi connectivity index (χ1v) is 13.0. The molecule has 3 aromatic rings. The fourth-order valence-corrected chi connectivity index (χ4v) is 5.14. The largest absolute Gasteiger partial charge is 0.506 e. The Balaban J connectivity index is 1.44. The van der Waals surface area contributed by atoms with Crippen LogP contribution in [0.4, 0.5) is 0 Å². The van der Waals surface area contributed by atoms with E-state index < -0.39 is 86.0 Å². The molecule has 5 rings (SSSR count). The van der Waals surface area contributed by atoms with Crippen LogP contribution in [-0.4, -0.2) is 123 Å². The molecule has 2 saturated heterocycles. The number of aliphatic hydroxyl groups is 7. The number of phenols is 1. The molecule has 2 fully saturated rings. The lowest BCUT2D eigenvalue weighted by molar-refractivity contribution is -0.323. The van der Waals surface area contributed by atoms with Crippen LogP contribution < -0.4 is 15.1 Å². The molecule has 2 aliphatic heterocycles. The van der Waals surface area contributed by atoms with Crippen molar-refractivity contribution in [3.63, 3.8) is 0 Å². The molecule has 1 aromatic heterocycles. The average Bonchev–Trinajstić information content (AvgIpc) is 2.95. The second-order valence-corrected chi connectivity index (χ2v) is 10.2. The predicted octanol–water partition coefficient (Wildman–Crippen LogP) is -2.03. The Hall–Kier alpha value is -3.09. The molecule has 42 heavy (non-hydrogen) atoms. The Bertz CT molecular complexity index is 1490. The van der Waals surface area contributed by atoms with Gasteiger partial charge in [0.25, 0.3) is 0 Å². The van der Waals surface area contributed by atoms with Gasteiger partial charge in [-0.15, -0.1) is 0 Å². The Kier molecular flexibility index (Phi) is 8.60. The molecule has 5 unspecified atom stereocenters. The summed E-state index contributed by atoms with van der Waals surface area (Å²) in [4.78, 5) is 12.6. The number of phenolic OH excluding ortho intramolecular Hbond substituents is 1. The number of aromatic hydroxyl groups is 1. The quantitative estimate of drug-likeness (QED) is 0.137. The van der Waals surface area contributed by atoms with E-state index in [2.05, 4.69) is 0 Å². The first-order chi connectivity index (χ1) is 19.9. The van der Waals surface area contributed by atoms with Crippen LogP contribution in [0.1, 0.15) is 5.76 Å².